The predicted octanol–water partition coefficient (Wildman–Crippen LogP) is 2.92. The van der Waals surface area contributed by atoms with Gasteiger partial charge in [0.05, 0.1) is 17.9 Å². The minimum absolute atomic E-state index is 0.172. The number of anilines is 1. The molecule has 1 atom stereocenters. The Morgan fingerprint density at radius 1 is 1.13 bits per heavy atom. The number of nitrogens with zero attached hydrogens (tertiary/aromatic N) is 1. The topological polar surface area (TPSA) is 105 Å². The number of urea groups is 1. The number of amides is 4. The summed E-state index contributed by atoms with van der Waals surface area (Å²) in [5.41, 5.74) is -0.563. The molecule has 0 aromatic heterocycles. The molecule has 0 bridgehead atoms. The molecule has 2 aromatic carbocycles. The number of nitrogens with one attached hydrogen (secondary N) is 2. The summed E-state index contributed by atoms with van der Waals surface area (Å²) in [5, 5.41) is 5.48. The van der Waals surface area contributed by atoms with Crippen LogP contribution in [0.1, 0.15) is 29.8 Å². The summed E-state index contributed by atoms with van der Waals surface area (Å²) < 4.78 is 4.97. The summed E-state index contributed by atoms with van der Waals surface area (Å²) in [6, 6.07) is 12.3. The van der Waals surface area contributed by atoms with Crippen LogP contribution in [0.2, 0.25) is 5.02 Å². The maximum Gasteiger partial charge on any atom is 0.340 e. The first-order valence-corrected chi connectivity index (χ1v) is 9.61. The molecule has 9 heteroatoms. The van der Waals surface area contributed by atoms with Gasteiger partial charge in [0.1, 0.15) is 12.1 Å². The lowest BCUT2D eigenvalue weighted by molar-refractivity contribution is -0.133. The molecule has 1 heterocycles. The van der Waals surface area contributed by atoms with E-state index in [1.54, 1.807) is 43.3 Å². The van der Waals surface area contributed by atoms with Gasteiger partial charge < -0.3 is 15.4 Å². The zero-order valence-electron chi connectivity index (χ0n) is 16.4. The average Bonchev–Trinajstić information content (AvgIpc) is 2.92. The fraction of sp³-hybridized carbons (Fsp3) is 0.238. The number of halogens is 1. The van der Waals surface area contributed by atoms with Crippen LogP contribution in [0.3, 0.4) is 0 Å². The molecular weight excluding hydrogens is 410 g/mol. The Balaban J connectivity index is 1.77. The highest BCUT2D eigenvalue weighted by Crippen LogP contribution is 2.33. The van der Waals surface area contributed by atoms with Crippen molar-refractivity contribution in [2.45, 2.75) is 19.4 Å². The molecule has 0 unspecified atom stereocenters. The fourth-order valence-corrected chi connectivity index (χ4v) is 3.53. The van der Waals surface area contributed by atoms with Crippen LogP contribution in [-0.2, 0) is 19.9 Å². The van der Waals surface area contributed by atoms with E-state index < -0.39 is 35.9 Å². The molecule has 0 spiro atoms. The minimum Gasteiger partial charge on any atom is -0.462 e. The Labute approximate surface area is 178 Å². The lowest BCUT2D eigenvalue weighted by atomic mass is 9.92. The first-order valence-electron chi connectivity index (χ1n) is 9.23. The monoisotopic (exact) mass is 429 g/mol. The fourth-order valence-electron chi connectivity index (χ4n) is 3.20. The molecule has 0 saturated carbocycles. The summed E-state index contributed by atoms with van der Waals surface area (Å²) >= 11 is 6.20. The van der Waals surface area contributed by atoms with E-state index in [-0.39, 0.29) is 17.9 Å². The first kappa shape index (κ1) is 21.3. The molecule has 2 aromatic rings. The summed E-state index contributed by atoms with van der Waals surface area (Å²) in [5.74, 6) is -1.83. The third kappa shape index (κ3) is 3.99. The van der Waals surface area contributed by atoms with E-state index in [2.05, 4.69) is 10.6 Å². The van der Waals surface area contributed by atoms with E-state index >= 15 is 0 Å². The van der Waals surface area contributed by atoms with Gasteiger partial charge in [-0.25, -0.2) is 9.59 Å². The van der Waals surface area contributed by atoms with E-state index in [0.717, 1.165) is 4.90 Å². The van der Waals surface area contributed by atoms with Gasteiger partial charge in [-0.1, -0.05) is 41.9 Å². The van der Waals surface area contributed by atoms with Crippen LogP contribution in [0.15, 0.2) is 48.5 Å². The SMILES string of the molecule is CCOC(=O)c1ccccc1NC(=O)CN1C(=O)N[C@](C)(c2ccccc2Cl)C1=O. The maximum absolute atomic E-state index is 13.0. The van der Waals surface area contributed by atoms with Crippen LogP contribution in [0.5, 0.6) is 0 Å². The van der Waals surface area contributed by atoms with Crippen molar-refractivity contribution < 1.29 is 23.9 Å². The molecule has 30 heavy (non-hydrogen) atoms. The van der Waals surface area contributed by atoms with Crippen molar-refractivity contribution >= 4 is 41.1 Å². The van der Waals surface area contributed by atoms with Crippen LogP contribution < -0.4 is 10.6 Å². The Hall–Kier alpha value is -3.39. The average molecular weight is 430 g/mol. The molecule has 1 aliphatic heterocycles. The van der Waals surface area contributed by atoms with Crippen molar-refractivity contribution in [3.8, 4) is 0 Å². The van der Waals surface area contributed by atoms with Gasteiger partial charge in [0.2, 0.25) is 5.91 Å². The molecule has 1 saturated heterocycles. The number of imide groups is 1. The zero-order chi connectivity index (χ0) is 21.9. The van der Waals surface area contributed by atoms with E-state index in [0.29, 0.717) is 10.6 Å². The summed E-state index contributed by atoms with van der Waals surface area (Å²) in [6.07, 6.45) is 0. The number of para-hydroxylation sites is 1. The second-order valence-electron chi connectivity index (χ2n) is 6.74. The molecule has 8 nitrogen and oxygen atoms in total. The molecule has 4 amide bonds. The number of benzene rings is 2. The van der Waals surface area contributed by atoms with Gasteiger partial charge in [-0.05, 0) is 32.0 Å². The number of hydrogen-bond donors (Lipinski definition) is 2. The molecule has 156 valence electrons. The Morgan fingerprint density at radius 2 is 1.80 bits per heavy atom. The van der Waals surface area contributed by atoms with Crippen LogP contribution in [0, 0.1) is 0 Å². The van der Waals surface area contributed by atoms with E-state index in [9.17, 15) is 19.2 Å². The molecule has 0 aliphatic carbocycles. The number of ether oxygens (including phenoxy) is 1. The molecule has 2 N–H and O–H groups in total. The largest absolute Gasteiger partial charge is 0.462 e. The highest BCUT2D eigenvalue weighted by Gasteiger charge is 2.50. The van der Waals surface area contributed by atoms with Crippen molar-refractivity contribution in [2.75, 3.05) is 18.5 Å². The van der Waals surface area contributed by atoms with Gasteiger partial charge in [-0.15, -0.1) is 0 Å². The van der Waals surface area contributed by atoms with Crippen molar-refractivity contribution in [1.29, 1.82) is 0 Å². The summed E-state index contributed by atoms with van der Waals surface area (Å²) in [7, 11) is 0. The van der Waals surface area contributed by atoms with Crippen LogP contribution in [0.25, 0.3) is 0 Å². The van der Waals surface area contributed by atoms with Gasteiger partial charge in [-0.3, -0.25) is 14.5 Å². The molecular formula is C21H20ClN3O5. The van der Waals surface area contributed by atoms with Crippen LogP contribution >= 0.6 is 11.6 Å². The highest BCUT2D eigenvalue weighted by atomic mass is 35.5. The third-order valence-corrected chi connectivity index (χ3v) is 5.02. The number of carbonyl (C=O) groups excluding carboxylic acids is 4. The molecule has 0 radical (unpaired) electrons. The molecule has 1 fully saturated rings. The second-order valence-corrected chi connectivity index (χ2v) is 7.15. The lowest BCUT2D eigenvalue weighted by Gasteiger charge is -2.23. The van der Waals surface area contributed by atoms with Crippen molar-refractivity contribution in [2.24, 2.45) is 0 Å². The Morgan fingerprint density at radius 3 is 2.50 bits per heavy atom. The normalized spacial score (nSPS) is 18.2. The van der Waals surface area contributed by atoms with Gasteiger partial charge in [0.25, 0.3) is 5.91 Å². The third-order valence-electron chi connectivity index (χ3n) is 4.69. The second kappa shape index (κ2) is 8.54. The van der Waals surface area contributed by atoms with Gasteiger partial charge in [-0.2, -0.15) is 0 Å². The number of carbonyl (C=O) groups is 4. The molecule has 3 rings (SSSR count). The number of hydrogen-bond acceptors (Lipinski definition) is 5. The first-order chi connectivity index (χ1) is 14.3. The smallest absolute Gasteiger partial charge is 0.340 e. The van der Waals surface area contributed by atoms with Crippen molar-refractivity contribution in [3.63, 3.8) is 0 Å². The van der Waals surface area contributed by atoms with Gasteiger partial charge >= 0.3 is 12.0 Å². The van der Waals surface area contributed by atoms with Gasteiger partial charge in [0, 0.05) is 10.6 Å². The Kier molecular flexibility index (Phi) is 6.07. The summed E-state index contributed by atoms with van der Waals surface area (Å²) in [6.45, 7) is 2.86. The van der Waals surface area contributed by atoms with Crippen LogP contribution in [-0.4, -0.2) is 41.9 Å². The maximum atomic E-state index is 13.0. The zero-order valence-corrected chi connectivity index (χ0v) is 17.2. The Bertz CT molecular complexity index is 1030. The lowest BCUT2D eigenvalue weighted by Crippen LogP contribution is -2.42. The highest BCUT2D eigenvalue weighted by molar-refractivity contribution is 6.32. The van der Waals surface area contributed by atoms with E-state index in [4.69, 9.17) is 16.3 Å². The van der Waals surface area contributed by atoms with Gasteiger partial charge in [0.15, 0.2) is 0 Å². The standard InChI is InChI=1S/C21H20ClN3O5/c1-3-30-18(27)13-8-4-7-11-16(13)23-17(26)12-25-19(28)21(2,24-20(25)29)14-9-5-6-10-15(14)22/h4-11H,3,12H2,1-2H3,(H,23,26)(H,24,29)/t21-/m1/s1. The number of rotatable bonds is 6. The van der Waals surface area contributed by atoms with Crippen molar-refractivity contribution in [3.05, 3.63) is 64.7 Å². The van der Waals surface area contributed by atoms with E-state index in [1.807, 2.05) is 0 Å². The molecule has 1 aliphatic rings. The van der Waals surface area contributed by atoms with Crippen LogP contribution in [0.4, 0.5) is 10.5 Å². The van der Waals surface area contributed by atoms with Crippen molar-refractivity contribution in [1.82, 2.24) is 10.2 Å². The van der Waals surface area contributed by atoms with E-state index in [1.165, 1.54) is 19.1 Å². The summed E-state index contributed by atoms with van der Waals surface area (Å²) in [4.78, 5) is 50.8. The predicted molar refractivity (Wildman–Crippen MR) is 110 cm³/mol. The minimum atomic E-state index is -1.39. The quantitative estimate of drug-likeness (QED) is 0.542. The number of esters is 1.